The molecular weight excluding hydrogens is 352 g/mol. The molecule has 0 bridgehead atoms. The highest BCUT2D eigenvalue weighted by atomic mass is 32.2. The van der Waals surface area contributed by atoms with E-state index in [1.165, 1.54) is 0 Å². The number of hydrogen-bond donors (Lipinski definition) is 2. The van der Waals surface area contributed by atoms with Gasteiger partial charge in [-0.15, -0.1) is 0 Å². The minimum atomic E-state index is -3.64. The van der Waals surface area contributed by atoms with Crippen molar-refractivity contribution < 1.29 is 18.0 Å². The summed E-state index contributed by atoms with van der Waals surface area (Å²) >= 11 is 0. The van der Waals surface area contributed by atoms with E-state index < -0.39 is 21.8 Å². The Hall–Kier alpha value is -2.93. The number of aromatic amines is 1. The molecule has 0 unspecified atom stereocenters. The van der Waals surface area contributed by atoms with Crippen LogP contribution in [0.1, 0.15) is 16.1 Å². The fraction of sp³-hybridized carbons (Fsp3) is 0.158. The Morgan fingerprint density at radius 2 is 1.77 bits per heavy atom. The van der Waals surface area contributed by atoms with Crippen molar-refractivity contribution in [2.75, 3.05) is 6.26 Å². The number of para-hydroxylation sites is 1. The molecule has 0 saturated heterocycles. The molecule has 0 fully saturated rings. The second-order valence-electron chi connectivity index (χ2n) is 6.05. The molecule has 1 aromatic heterocycles. The van der Waals surface area contributed by atoms with Gasteiger partial charge in [0.1, 0.15) is 16.9 Å². The maximum atomic E-state index is 12.7. The average molecular weight is 370 g/mol. The van der Waals surface area contributed by atoms with E-state index in [1.807, 2.05) is 30.3 Å². The molecular formula is C19H18N2O4S. The molecule has 1 atom stereocenters. The molecule has 7 heteroatoms. The minimum absolute atomic E-state index is 0.0602. The summed E-state index contributed by atoms with van der Waals surface area (Å²) in [5.41, 5.74) is 1.38. The van der Waals surface area contributed by atoms with Gasteiger partial charge < -0.3 is 15.1 Å². The van der Waals surface area contributed by atoms with Crippen LogP contribution in [0.5, 0.6) is 0 Å². The predicted octanol–water partition coefficient (Wildman–Crippen LogP) is 2.11. The van der Waals surface area contributed by atoms with Crippen molar-refractivity contribution in [1.82, 2.24) is 10.3 Å². The number of carbonyl (C=O) groups excluding carboxylic acids is 2. The second kappa shape index (κ2) is 7.13. The first kappa shape index (κ1) is 17.9. The maximum absolute atomic E-state index is 12.7. The summed E-state index contributed by atoms with van der Waals surface area (Å²) in [4.78, 5) is 26.9. The molecule has 0 aliphatic heterocycles. The maximum Gasteiger partial charge on any atom is 0.269 e. The van der Waals surface area contributed by atoms with E-state index in [2.05, 4.69) is 10.3 Å². The van der Waals surface area contributed by atoms with Gasteiger partial charge in [0.25, 0.3) is 5.91 Å². The van der Waals surface area contributed by atoms with Gasteiger partial charge in [-0.05, 0) is 18.1 Å². The Kier molecular flexibility index (Phi) is 4.90. The molecule has 26 heavy (non-hydrogen) atoms. The minimum Gasteiger partial charge on any atom is -0.349 e. The lowest BCUT2D eigenvalue weighted by Crippen LogP contribution is -2.38. The third-order valence-electron chi connectivity index (χ3n) is 4.04. The van der Waals surface area contributed by atoms with E-state index in [9.17, 15) is 18.0 Å². The van der Waals surface area contributed by atoms with E-state index in [0.717, 1.165) is 11.8 Å². The van der Waals surface area contributed by atoms with Crippen LogP contribution in [0.4, 0.5) is 0 Å². The van der Waals surface area contributed by atoms with Gasteiger partial charge in [-0.2, -0.15) is 0 Å². The monoisotopic (exact) mass is 370 g/mol. The fourth-order valence-corrected chi connectivity index (χ4v) is 3.99. The number of aldehydes is 1. The summed E-state index contributed by atoms with van der Waals surface area (Å²) in [6, 6.07) is 15.3. The van der Waals surface area contributed by atoms with Crippen LogP contribution in [0.2, 0.25) is 0 Å². The molecule has 1 amide bonds. The molecule has 3 aromatic rings. The van der Waals surface area contributed by atoms with Gasteiger partial charge in [0, 0.05) is 17.2 Å². The SMILES string of the molecule is CS(=O)(=O)c1c(C(=O)N[C@H](C=O)Cc2ccccc2)[nH]c2ccccc12. The highest BCUT2D eigenvalue weighted by Crippen LogP contribution is 2.27. The summed E-state index contributed by atoms with van der Waals surface area (Å²) in [5, 5.41) is 3.05. The number of carbonyl (C=O) groups is 2. The number of aromatic nitrogens is 1. The Bertz CT molecular complexity index is 1060. The lowest BCUT2D eigenvalue weighted by molar-refractivity contribution is -0.109. The topological polar surface area (TPSA) is 96.1 Å². The zero-order valence-electron chi connectivity index (χ0n) is 14.1. The van der Waals surface area contributed by atoms with Crippen LogP contribution in [0.25, 0.3) is 10.9 Å². The third-order valence-corrected chi connectivity index (χ3v) is 5.20. The highest BCUT2D eigenvalue weighted by Gasteiger charge is 2.26. The first-order valence-electron chi connectivity index (χ1n) is 8.01. The molecule has 3 rings (SSSR count). The molecule has 0 radical (unpaired) electrons. The standard InChI is InChI=1S/C19H18N2O4S/c1-26(24,25)18-15-9-5-6-10-16(15)21-17(18)19(23)20-14(12-22)11-13-7-3-2-4-8-13/h2-10,12,14,21H,11H2,1H3,(H,20,23)/t14-/m0/s1. The van der Waals surface area contributed by atoms with Crippen LogP contribution in [0.15, 0.2) is 59.5 Å². The van der Waals surface area contributed by atoms with E-state index in [1.54, 1.807) is 24.3 Å². The number of amides is 1. The van der Waals surface area contributed by atoms with Crippen LogP contribution >= 0.6 is 0 Å². The number of H-pyrrole nitrogens is 1. The van der Waals surface area contributed by atoms with E-state index in [0.29, 0.717) is 23.6 Å². The van der Waals surface area contributed by atoms with Gasteiger partial charge >= 0.3 is 0 Å². The van der Waals surface area contributed by atoms with E-state index in [-0.39, 0.29) is 10.6 Å². The van der Waals surface area contributed by atoms with Crippen molar-refractivity contribution in [2.24, 2.45) is 0 Å². The Morgan fingerprint density at radius 1 is 1.12 bits per heavy atom. The number of nitrogens with one attached hydrogen (secondary N) is 2. The Morgan fingerprint density at radius 3 is 2.42 bits per heavy atom. The predicted molar refractivity (Wildman–Crippen MR) is 98.9 cm³/mol. The molecule has 0 spiro atoms. The van der Waals surface area contributed by atoms with Crippen molar-refractivity contribution in [1.29, 1.82) is 0 Å². The number of hydrogen-bond acceptors (Lipinski definition) is 4. The van der Waals surface area contributed by atoms with Crippen LogP contribution in [-0.4, -0.2) is 37.9 Å². The van der Waals surface area contributed by atoms with Crippen molar-refractivity contribution >= 4 is 32.9 Å². The van der Waals surface area contributed by atoms with Gasteiger partial charge in [-0.25, -0.2) is 8.42 Å². The van der Waals surface area contributed by atoms with Crippen LogP contribution in [0.3, 0.4) is 0 Å². The lowest BCUT2D eigenvalue weighted by atomic mass is 10.1. The normalized spacial score (nSPS) is 12.7. The van der Waals surface area contributed by atoms with Crippen LogP contribution < -0.4 is 5.32 Å². The molecule has 2 N–H and O–H groups in total. The van der Waals surface area contributed by atoms with Gasteiger partial charge in [-0.3, -0.25) is 4.79 Å². The highest BCUT2D eigenvalue weighted by molar-refractivity contribution is 7.91. The Labute approximate surface area is 151 Å². The largest absolute Gasteiger partial charge is 0.349 e. The van der Waals surface area contributed by atoms with E-state index >= 15 is 0 Å². The first-order valence-corrected chi connectivity index (χ1v) is 9.90. The number of fused-ring (bicyclic) bond motifs is 1. The van der Waals surface area contributed by atoms with Crippen molar-refractivity contribution in [3.8, 4) is 0 Å². The smallest absolute Gasteiger partial charge is 0.269 e. The molecule has 0 aliphatic rings. The molecule has 0 aliphatic carbocycles. The quantitative estimate of drug-likeness (QED) is 0.650. The molecule has 6 nitrogen and oxygen atoms in total. The van der Waals surface area contributed by atoms with Crippen molar-refractivity contribution in [2.45, 2.75) is 17.4 Å². The zero-order chi connectivity index (χ0) is 18.7. The van der Waals surface area contributed by atoms with Gasteiger partial charge in [0.15, 0.2) is 9.84 Å². The van der Waals surface area contributed by atoms with E-state index in [4.69, 9.17) is 0 Å². The number of rotatable bonds is 6. The average Bonchev–Trinajstić information content (AvgIpc) is 3.02. The summed E-state index contributed by atoms with van der Waals surface area (Å²) in [6.45, 7) is 0. The van der Waals surface area contributed by atoms with Gasteiger partial charge in [0.2, 0.25) is 0 Å². The summed E-state index contributed by atoms with van der Waals surface area (Å²) < 4.78 is 24.4. The number of benzene rings is 2. The first-order chi connectivity index (χ1) is 12.4. The molecule has 0 saturated carbocycles. The lowest BCUT2D eigenvalue weighted by Gasteiger charge is -2.13. The fourth-order valence-electron chi connectivity index (χ4n) is 2.90. The summed E-state index contributed by atoms with van der Waals surface area (Å²) in [6.07, 6.45) is 2.03. The van der Waals surface area contributed by atoms with Crippen LogP contribution in [-0.2, 0) is 21.1 Å². The summed E-state index contributed by atoms with van der Waals surface area (Å²) in [5.74, 6) is -0.630. The van der Waals surface area contributed by atoms with Gasteiger partial charge in [0.05, 0.1) is 6.04 Å². The van der Waals surface area contributed by atoms with Gasteiger partial charge in [-0.1, -0.05) is 48.5 Å². The third kappa shape index (κ3) is 3.67. The molecule has 2 aromatic carbocycles. The molecule has 1 heterocycles. The van der Waals surface area contributed by atoms with Crippen molar-refractivity contribution in [3.05, 3.63) is 65.9 Å². The Balaban J connectivity index is 1.93. The summed E-state index contributed by atoms with van der Waals surface area (Å²) in [7, 11) is -3.64. The van der Waals surface area contributed by atoms with Crippen molar-refractivity contribution in [3.63, 3.8) is 0 Å². The number of sulfone groups is 1. The second-order valence-corrected chi connectivity index (χ2v) is 8.01. The molecule has 134 valence electrons. The van der Waals surface area contributed by atoms with Crippen LogP contribution in [0, 0.1) is 0 Å². The zero-order valence-corrected chi connectivity index (χ0v) is 14.9.